The van der Waals surface area contributed by atoms with Crippen molar-refractivity contribution in [3.63, 3.8) is 0 Å². The van der Waals surface area contributed by atoms with Crippen LogP contribution < -0.4 is 4.74 Å². The fourth-order valence-electron chi connectivity index (χ4n) is 6.87. The Bertz CT molecular complexity index is 712. The summed E-state index contributed by atoms with van der Waals surface area (Å²) in [5, 5.41) is 0. The van der Waals surface area contributed by atoms with Gasteiger partial charge in [0.25, 0.3) is 0 Å². The van der Waals surface area contributed by atoms with Crippen LogP contribution in [0.25, 0.3) is 0 Å². The highest BCUT2D eigenvalue weighted by molar-refractivity contribution is 5.33. The Morgan fingerprint density at radius 2 is 1.38 bits per heavy atom. The van der Waals surface area contributed by atoms with Crippen molar-refractivity contribution in [2.24, 2.45) is 23.7 Å². The molecule has 4 rings (SSSR count). The standard InChI is InChI=1S/C28H42F2O2/c1-3-5-24-15-14-23(18-32-24)21-8-6-19(7-9-21)20-10-12-22(13-11-20)25-16-17-26(31-4-2)28(30)27(25)29/h16-17,19-24H,3-15,18H2,1-2H3/t19-,20-,21-,22-,23-,24-/m0/s1. The molecule has 2 aliphatic carbocycles. The van der Waals surface area contributed by atoms with Gasteiger partial charge in [0, 0.05) is 0 Å². The summed E-state index contributed by atoms with van der Waals surface area (Å²) in [5.41, 5.74) is 0.548. The first-order valence-electron chi connectivity index (χ1n) is 13.3. The molecule has 0 amide bonds. The van der Waals surface area contributed by atoms with Gasteiger partial charge in [0.05, 0.1) is 19.3 Å². The van der Waals surface area contributed by atoms with Crippen molar-refractivity contribution in [3.8, 4) is 5.75 Å². The highest BCUT2D eigenvalue weighted by atomic mass is 19.2. The Kier molecular flexibility index (Phi) is 8.48. The highest BCUT2D eigenvalue weighted by Gasteiger charge is 2.35. The summed E-state index contributed by atoms with van der Waals surface area (Å²) in [6.07, 6.45) is 15.2. The quantitative estimate of drug-likeness (QED) is 0.420. The van der Waals surface area contributed by atoms with Crippen molar-refractivity contribution in [2.45, 2.75) is 103 Å². The lowest BCUT2D eigenvalue weighted by atomic mass is 9.66. The van der Waals surface area contributed by atoms with E-state index in [2.05, 4.69) is 6.92 Å². The van der Waals surface area contributed by atoms with E-state index < -0.39 is 11.6 Å². The van der Waals surface area contributed by atoms with E-state index in [1.807, 2.05) is 0 Å². The van der Waals surface area contributed by atoms with Crippen molar-refractivity contribution >= 4 is 0 Å². The van der Waals surface area contributed by atoms with Crippen LogP contribution in [0.3, 0.4) is 0 Å². The highest BCUT2D eigenvalue weighted by Crippen LogP contribution is 2.46. The minimum Gasteiger partial charge on any atom is -0.491 e. The third-order valence-corrected chi connectivity index (χ3v) is 8.75. The average molecular weight is 449 g/mol. The van der Waals surface area contributed by atoms with E-state index >= 15 is 0 Å². The first-order chi connectivity index (χ1) is 15.6. The summed E-state index contributed by atoms with van der Waals surface area (Å²) in [6, 6.07) is 3.35. The monoisotopic (exact) mass is 448 g/mol. The van der Waals surface area contributed by atoms with Crippen molar-refractivity contribution in [1.29, 1.82) is 0 Å². The lowest BCUT2D eigenvalue weighted by Crippen LogP contribution is -2.33. The summed E-state index contributed by atoms with van der Waals surface area (Å²) in [4.78, 5) is 0. The molecule has 0 radical (unpaired) electrons. The normalized spacial score (nSPS) is 33.8. The zero-order chi connectivity index (χ0) is 22.5. The number of rotatable bonds is 7. The molecule has 180 valence electrons. The molecule has 4 heteroatoms. The van der Waals surface area contributed by atoms with Gasteiger partial charge in [-0.15, -0.1) is 0 Å². The zero-order valence-electron chi connectivity index (χ0n) is 20.1. The maximum atomic E-state index is 14.6. The molecule has 1 aromatic carbocycles. The van der Waals surface area contributed by atoms with Gasteiger partial charge < -0.3 is 9.47 Å². The summed E-state index contributed by atoms with van der Waals surface area (Å²) in [6.45, 7) is 5.36. The third kappa shape index (κ3) is 5.48. The summed E-state index contributed by atoms with van der Waals surface area (Å²) < 4.78 is 40.3. The number of halogens is 2. The van der Waals surface area contributed by atoms with Crippen LogP contribution in [-0.2, 0) is 4.74 Å². The molecule has 0 unspecified atom stereocenters. The molecular weight excluding hydrogens is 406 g/mol. The average Bonchev–Trinajstić information content (AvgIpc) is 2.83. The second-order valence-corrected chi connectivity index (χ2v) is 10.6. The molecule has 2 nitrogen and oxygen atoms in total. The van der Waals surface area contributed by atoms with Crippen molar-refractivity contribution in [3.05, 3.63) is 29.3 Å². The number of hydrogen-bond acceptors (Lipinski definition) is 2. The van der Waals surface area contributed by atoms with Crippen LogP contribution >= 0.6 is 0 Å². The Morgan fingerprint density at radius 3 is 1.94 bits per heavy atom. The fourth-order valence-corrected chi connectivity index (χ4v) is 6.87. The van der Waals surface area contributed by atoms with E-state index in [4.69, 9.17) is 9.47 Å². The number of hydrogen-bond donors (Lipinski definition) is 0. The molecule has 0 spiro atoms. The predicted molar refractivity (Wildman–Crippen MR) is 125 cm³/mol. The molecule has 2 atom stereocenters. The van der Waals surface area contributed by atoms with E-state index in [0.29, 0.717) is 18.3 Å². The summed E-state index contributed by atoms with van der Waals surface area (Å²) >= 11 is 0. The number of benzene rings is 1. The minimum atomic E-state index is -0.822. The minimum absolute atomic E-state index is 0.0310. The van der Waals surface area contributed by atoms with Gasteiger partial charge in [0.15, 0.2) is 11.6 Å². The molecular formula is C28H42F2O2. The first-order valence-corrected chi connectivity index (χ1v) is 13.3. The largest absolute Gasteiger partial charge is 0.491 e. The predicted octanol–water partition coefficient (Wildman–Crippen LogP) is 8.04. The van der Waals surface area contributed by atoms with Gasteiger partial charge >= 0.3 is 0 Å². The molecule has 2 saturated carbocycles. The molecule has 3 fully saturated rings. The van der Waals surface area contributed by atoms with E-state index in [1.54, 1.807) is 19.1 Å². The Morgan fingerprint density at radius 1 is 0.781 bits per heavy atom. The van der Waals surface area contributed by atoms with Crippen LogP contribution in [-0.4, -0.2) is 19.3 Å². The van der Waals surface area contributed by atoms with Gasteiger partial charge in [-0.3, -0.25) is 0 Å². The molecule has 1 aromatic rings. The molecule has 0 aromatic heterocycles. The van der Waals surface area contributed by atoms with Crippen molar-refractivity contribution in [1.82, 2.24) is 0 Å². The van der Waals surface area contributed by atoms with Crippen LogP contribution in [0.15, 0.2) is 12.1 Å². The van der Waals surface area contributed by atoms with Gasteiger partial charge in [-0.05, 0) is 119 Å². The summed E-state index contributed by atoms with van der Waals surface area (Å²) in [7, 11) is 0. The van der Waals surface area contributed by atoms with Crippen molar-refractivity contribution < 1.29 is 18.3 Å². The molecule has 1 aliphatic heterocycles. The van der Waals surface area contributed by atoms with E-state index in [9.17, 15) is 8.78 Å². The SMILES string of the molecule is CCC[C@H]1CC[C@H]([C@H]2CC[C@H]([C@H]3CC[C@H](c4ccc(OCC)c(F)c4F)CC3)CC2)CO1. The second-order valence-electron chi connectivity index (χ2n) is 10.6. The van der Waals surface area contributed by atoms with Gasteiger partial charge in [0.2, 0.25) is 5.82 Å². The zero-order valence-corrected chi connectivity index (χ0v) is 20.1. The van der Waals surface area contributed by atoms with E-state index in [1.165, 1.54) is 51.4 Å². The van der Waals surface area contributed by atoms with Gasteiger partial charge in [-0.25, -0.2) is 4.39 Å². The van der Waals surface area contributed by atoms with Crippen molar-refractivity contribution in [2.75, 3.05) is 13.2 Å². The van der Waals surface area contributed by atoms with Gasteiger partial charge in [-0.2, -0.15) is 4.39 Å². The lowest BCUT2D eigenvalue weighted by Gasteiger charge is -2.41. The third-order valence-electron chi connectivity index (χ3n) is 8.75. The molecule has 32 heavy (non-hydrogen) atoms. The van der Waals surface area contributed by atoms with E-state index in [-0.39, 0.29) is 11.7 Å². The molecule has 0 N–H and O–H groups in total. The van der Waals surface area contributed by atoms with Crippen LogP contribution in [0.5, 0.6) is 5.75 Å². The van der Waals surface area contributed by atoms with E-state index in [0.717, 1.165) is 56.0 Å². The number of ether oxygens (including phenoxy) is 2. The maximum Gasteiger partial charge on any atom is 0.200 e. The van der Waals surface area contributed by atoms with Crippen LogP contribution in [0, 0.1) is 35.3 Å². The molecule has 1 saturated heterocycles. The van der Waals surface area contributed by atoms with Gasteiger partial charge in [-0.1, -0.05) is 19.4 Å². The first kappa shape index (κ1) is 24.0. The topological polar surface area (TPSA) is 18.5 Å². The Balaban J connectivity index is 1.23. The Hall–Kier alpha value is -1.16. The summed E-state index contributed by atoms with van der Waals surface area (Å²) in [5.74, 6) is 1.87. The molecule has 0 bridgehead atoms. The molecule has 3 aliphatic rings. The van der Waals surface area contributed by atoms with Crippen LogP contribution in [0.2, 0.25) is 0 Å². The smallest absolute Gasteiger partial charge is 0.200 e. The fraction of sp³-hybridized carbons (Fsp3) is 0.786. The molecule has 1 heterocycles. The Labute approximate surface area is 193 Å². The maximum absolute atomic E-state index is 14.6. The second kappa shape index (κ2) is 11.3. The van der Waals surface area contributed by atoms with Crippen LogP contribution in [0.1, 0.15) is 102 Å². The van der Waals surface area contributed by atoms with Gasteiger partial charge in [0.1, 0.15) is 0 Å². The van der Waals surface area contributed by atoms with Crippen LogP contribution in [0.4, 0.5) is 8.78 Å². The lowest BCUT2D eigenvalue weighted by molar-refractivity contribution is -0.0436.